The zero-order chi connectivity index (χ0) is 9.26. The largest absolute Gasteiger partial charge is 0.346 e. The third-order valence-electron chi connectivity index (χ3n) is 2.04. The van der Waals surface area contributed by atoms with Gasteiger partial charge in [-0.1, -0.05) is 6.92 Å². The topological polar surface area (TPSA) is 45.8 Å². The summed E-state index contributed by atoms with van der Waals surface area (Å²) in [6, 6.07) is 5.22. The molecule has 3 heteroatoms. The van der Waals surface area contributed by atoms with Crippen molar-refractivity contribution >= 4 is 11.0 Å². The molecule has 0 bridgehead atoms. The average molecular weight is 174 g/mol. The highest BCUT2D eigenvalue weighted by atomic mass is 16.1. The van der Waals surface area contributed by atoms with E-state index in [1.807, 2.05) is 19.1 Å². The van der Waals surface area contributed by atoms with Gasteiger partial charge in [-0.2, -0.15) is 0 Å². The number of hydrogen-bond acceptors (Lipinski definition) is 2. The number of fused-ring (bicyclic) bond motifs is 1. The molecule has 0 aromatic carbocycles. The Labute approximate surface area is 75.4 Å². The molecule has 0 saturated heterocycles. The Morgan fingerprint density at radius 3 is 3.00 bits per heavy atom. The molecule has 0 unspecified atom stereocenters. The lowest BCUT2D eigenvalue weighted by atomic mass is 10.2. The van der Waals surface area contributed by atoms with Crippen LogP contribution in [0.1, 0.15) is 12.6 Å². The van der Waals surface area contributed by atoms with Crippen molar-refractivity contribution in [2.45, 2.75) is 13.3 Å². The Bertz CT molecular complexity index is 487. The van der Waals surface area contributed by atoms with Gasteiger partial charge in [-0.25, -0.2) is 4.98 Å². The van der Waals surface area contributed by atoms with Gasteiger partial charge in [-0.15, -0.1) is 0 Å². The van der Waals surface area contributed by atoms with E-state index in [2.05, 4.69) is 9.97 Å². The molecule has 0 aliphatic heterocycles. The van der Waals surface area contributed by atoms with Crippen LogP contribution in [0.4, 0.5) is 0 Å². The zero-order valence-electron chi connectivity index (χ0n) is 7.37. The lowest BCUT2D eigenvalue weighted by molar-refractivity contribution is 1.04. The summed E-state index contributed by atoms with van der Waals surface area (Å²) >= 11 is 0. The number of H-pyrrole nitrogens is 1. The highest BCUT2D eigenvalue weighted by molar-refractivity contribution is 5.73. The summed E-state index contributed by atoms with van der Waals surface area (Å²) in [4.78, 5) is 18.6. The quantitative estimate of drug-likeness (QED) is 0.711. The maximum absolute atomic E-state index is 11.3. The molecule has 0 amide bonds. The van der Waals surface area contributed by atoms with E-state index in [1.165, 1.54) is 6.07 Å². The highest BCUT2D eigenvalue weighted by Gasteiger charge is 1.98. The molecule has 0 fully saturated rings. The molecule has 2 heterocycles. The summed E-state index contributed by atoms with van der Waals surface area (Å²) < 4.78 is 0. The molecule has 1 N–H and O–H groups in total. The van der Waals surface area contributed by atoms with E-state index >= 15 is 0 Å². The Kier molecular flexibility index (Phi) is 1.85. The molecular weight excluding hydrogens is 164 g/mol. The monoisotopic (exact) mass is 174 g/mol. The van der Waals surface area contributed by atoms with Crippen molar-refractivity contribution in [2.75, 3.05) is 0 Å². The second-order valence-corrected chi connectivity index (χ2v) is 2.89. The third kappa shape index (κ3) is 1.33. The van der Waals surface area contributed by atoms with Crippen LogP contribution in [0.3, 0.4) is 0 Å². The van der Waals surface area contributed by atoms with Gasteiger partial charge in [0, 0.05) is 18.0 Å². The van der Waals surface area contributed by atoms with Crippen molar-refractivity contribution in [2.24, 2.45) is 0 Å². The highest BCUT2D eigenvalue weighted by Crippen LogP contribution is 2.05. The van der Waals surface area contributed by atoms with E-state index in [1.54, 1.807) is 6.20 Å². The minimum Gasteiger partial charge on any atom is -0.346 e. The SMILES string of the molecule is CCc1ccc2c(=O)cc[nH]c2n1. The molecule has 0 saturated carbocycles. The molecule has 2 rings (SSSR count). The number of aryl methyl sites for hydroxylation is 1. The van der Waals surface area contributed by atoms with Gasteiger partial charge in [0.15, 0.2) is 5.43 Å². The van der Waals surface area contributed by atoms with Crippen LogP contribution in [0.5, 0.6) is 0 Å². The van der Waals surface area contributed by atoms with E-state index in [-0.39, 0.29) is 5.43 Å². The maximum atomic E-state index is 11.3. The van der Waals surface area contributed by atoms with Gasteiger partial charge in [0.25, 0.3) is 0 Å². The second-order valence-electron chi connectivity index (χ2n) is 2.89. The smallest absolute Gasteiger partial charge is 0.191 e. The van der Waals surface area contributed by atoms with E-state index in [0.29, 0.717) is 11.0 Å². The lowest BCUT2D eigenvalue weighted by Gasteiger charge is -1.98. The fourth-order valence-corrected chi connectivity index (χ4v) is 1.29. The average Bonchev–Trinajstić information content (AvgIpc) is 2.18. The van der Waals surface area contributed by atoms with Crippen molar-refractivity contribution in [1.82, 2.24) is 9.97 Å². The Hall–Kier alpha value is -1.64. The van der Waals surface area contributed by atoms with E-state index in [0.717, 1.165) is 12.1 Å². The fraction of sp³-hybridized carbons (Fsp3) is 0.200. The molecule has 2 aromatic rings. The Morgan fingerprint density at radius 1 is 1.38 bits per heavy atom. The molecule has 0 aliphatic rings. The van der Waals surface area contributed by atoms with Gasteiger partial charge < -0.3 is 4.98 Å². The predicted molar refractivity (Wildman–Crippen MR) is 51.7 cm³/mol. The van der Waals surface area contributed by atoms with Gasteiger partial charge in [0.05, 0.1) is 5.39 Å². The van der Waals surface area contributed by atoms with Crippen molar-refractivity contribution in [3.05, 3.63) is 40.3 Å². The van der Waals surface area contributed by atoms with Gasteiger partial charge in [0.1, 0.15) is 5.65 Å². The molecule has 0 atom stereocenters. The van der Waals surface area contributed by atoms with Crippen molar-refractivity contribution in [3.63, 3.8) is 0 Å². The van der Waals surface area contributed by atoms with E-state index < -0.39 is 0 Å². The van der Waals surface area contributed by atoms with Crippen LogP contribution < -0.4 is 5.43 Å². The number of hydrogen-bond donors (Lipinski definition) is 1. The first-order valence-electron chi connectivity index (χ1n) is 4.28. The van der Waals surface area contributed by atoms with Crippen molar-refractivity contribution < 1.29 is 0 Å². The molecule has 0 aliphatic carbocycles. The maximum Gasteiger partial charge on any atom is 0.191 e. The summed E-state index contributed by atoms with van der Waals surface area (Å²) in [5.74, 6) is 0. The summed E-state index contributed by atoms with van der Waals surface area (Å²) in [6.45, 7) is 2.04. The number of rotatable bonds is 1. The Morgan fingerprint density at radius 2 is 2.23 bits per heavy atom. The van der Waals surface area contributed by atoms with E-state index in [9.17, 15) is 4.79 Å². The van der Waals surface area contributed by atoms with Gasteiger partial charge in [0.2, 0.25) is 0 Å². The number of pyridine rings is 2. The Balaban J connectivity index is 2.80. The van der Waals surface area contributed by atoms with Crippen molar-refractivity contribution in [1.29, 1.82) is 0 Å². The summed E-state index contributed by atoms with van der Waals surface area (Å²) in [5, 5.41) is 0.653. The first-order valence-corrected chi connectivity index (χ1v) is 4.28. The number of aromatic nitrogens is 2. The molecule has 66 valence electrons. The zero-order valence-corrected chi connectivity index (χ0v) is 7.37. The van der Waals surface area contributed by atoms with Crippen LogP contribution in [0.25, 0.3) is 11.0 Å². The number of nitrogens with zero attached hydrogens (tertiary/aromatic N) is 1. The van der Waals surface area contributed by atoms with Gasteiger partial charge in [-0.3, -0.25) is 4.79 Å². The van der Waals surface area contributed by atoms with Crippen LogP contribution >= 0.6 is 0 Å². The standard InChI is InChI=1S/C10H10N2O/c1-2-7-3-4-8-9(13)5-6-11-10(8)12-7/h3-6H,2H2,1H3,(H,11,12,13). The van der Waals surface area contributed by atoms with E-state index in [4.69, 9.17) is 0 Å². The van der Waals surface area contributed by atoms with Crippen LogP contribution in [0.15, 0.2) is 29.2 Å². The fourth-order valence-electron chi connectivity index (χ4n) is 1.29. The second kappa shape index (κ2) is 3.01. The van der Waals surface area contributed by atoms with Crippen molar-refractivity contribution in [3.8, 4) is 0 Å². The minimum absolute atomic E-state index is 0.0175. The normalized spacial score (nSPS) is 10.5. The minimum atomic E-state index is 0.0175. The van der Waals surface area contributed by atoms with Crippen LogP contribution in [0, 0.1) is 0 Å². The van der Waals surface area contributed by atoms with Gasteiger partial charge in [-0.05, 0) is 18.6 Å². The molecule has 2 aromatic heterocycles. The lowest BCUT2D eigenvalue weighted by Crippen LogP contribution is -2.02. The van der Waals surface area contributed by atoms with Crippen LogP contribution in [0.2, 0.25) is 0 Å². The summed E-state index contributed by atoms with van der Waals surface area (Å²) in [5.41, 5.74) is 1.69. The first kappa shape index (κ1) is 7.98. The molecule has 0 radical (unpaired) electrons. The number of nitrogens with one attached hydrogen (secondary N) is 1. The first-order chi connectivity index (χ1) is 6.31. The molecule has 0 spiro atoms. The predicted octanol–water partition coefficient (Wildman–Crippen LogP) is 1.49. The molecular formula is C10H10N2O. The summed E-state index contributed by atoms with van der Waals surface area (Å²) in [6.07, 6.45) is 2.50. The van der Waals surface area contributed by atoms with Gasteiger partial charge >= 0.3 is 0 Å². The van der Waals surface area contributed by atoms with Crippen LogP contribution in [-0.2, 0) is 6.42 Å². The molecule has 13 heavy (non-hydrogen) atoms. The number of aromatic amines is 1. The van der Waals surface area contributed by atoms with Crippen LogP contribution in [-0.4, -0.2) is 9.97 Å². The third-order valence-corrected chi connectivity index (χ3v) is 2.04. The molecule has 3 nitrogen and oxygen atoms in total. The summed E-state index contributed by atoms with van der Waals surface area (Å²) in [7, 11) is 0.